The number of ether oxygens (including phenoxy) is 1. The average molecular weight is 210 g/mol. The quantitative estimate of drug-likeness (QED) is 0.800. The number of aliphatic hydroxyl groups is 1. The Bertz CT molecular complexity index is 314. The van der Waals surface area contributed by atoms with Gasteiger partial charge >= 0.3 is 0 Å². The Labute approximate surface area is 89.9 Å². The van der Waals surface area contributed by atoms with Gasteiger partial charge in [-0.25, -0.2) is 0 Å². The molecular weight excluding hydrogens is 192 g/mol. The van der Waals surface area contributed by atoms with Crippen molar-refractivity contribution >= 4 is 0 Å². The zero-order chi connectivity index (χ0) is 10.7. The first-order valence-corrected chi connectivity index (χ1v) is 5.58. The van der Waals surface area contributed by atoms with Crippen molar-refractivity contribution in [1.82, 2.24) is 9.78 Å². The molecule has 1 saturated heterocycles. The van der Waals surface area contributed by atoms with Crippen LogP contribution in [0.2, 0.25) is 0 Å². The van der Waals surface area contributed by atoms with Gasteiger partial charge in [0.05, 0.1) is 11.8 Å². The lowest BCUT2D eigenvalue weighted by molar-refractivity contribution is 0.0143. The molecule has 2 heterocycles. The highest BCUT2D eigenvalue weighted by atomic mass is 16.5. The van der Waals surface area contributed by atoms with Gasteiger partial charge in [0.15, 0.2) is 0 Å². The Morgan fingerprint density at radius 2 is 2.40 bits per heavy atom. The maximum Gasteiger partial charge on any atom is 0.0949 e. The SMILES string of the molecule is CCn1cc(C2(O)CCCOCC2)cn1. The van der Waals surface area contributed by atoms with Gasteiger partial charge in [-0.05, 0) is 19.8 Å². The molecule has 84 valence electrons. The van der Waals surface area contributed by atoms with Gasteiger partial charge in [0, 0.05) is 37.9 Å². The molecule has 4 nitrogen and oxygen atoms in total. The summed E-state index contributed by atoms with van der Waals surface area (Å²) in [5, 5.41) is 14.7. The van der Waals surface area contributed by atoms with E-state index in [1.807, 2.05) is 17.8 Å². The molecule has 0 spiro atoms. The Hall–Kier alpha value is -0.870. The summed E-state index contributed by atoms with van der Waals surface area (Å²) >= 11 is 0. The molecule has 15 heavy (non-hydrogen) atoms. The van der Waals surface area contributed by atoms with Gasteiger partial charge < -0.3 is 9.84 Å². The maximum atomic E-state index is 10.5. The van der Waals surface area contributed by atoms with E-state index >= 15 is 0 Å². The van der Waals surface area contributed by atoms with Crippen LogP contribution >= 0.6 is 0 Å². The van der Waals surface area contributed by atoms with Crippen molar-refractivity contribution in [1.29, 1.82) is 0 Å². The van der Waals surface area contributed by atoms with Crippen LogP contribution < -0.4 is 0 Å². The van der Waals surface area contributed by atoms with Gasteiger partial charge in [0.25, 0.3) is 0 Å². The summed E-state index contributed by atoms with van der Waals surface area (Å²) < 4.78 is 7.20. The van der Waals surface area contributed by atoms with Crippen LogP contribution in [0, 0.1) is 0 Å². The highest BCUT2D eigenvalue weighted by Crippen LogP contribution is 2.31. The fourth-order valence-electron chi connectivity index (χ4n) is 2.00. The van der Waals surface area contributed by atoms with E-state index in [-0.39, 0.29) is 0 Å². The molecule has 0 radical (unpaired) electrons. The van der Waals surface area contributed by atoms with Crippen LogP contribution in [-0.4, -0.2) is 28.1 Å². The van der Waals surface area contributed by atoms with E-state index in [9.17, 15) is 5.11 Å². The Balaban J connectivity index is 2.18. The zero-order valence-corrected chi connectivity index (χ0v) is 9.15. The average Bonchev–Trinajstić information content (AvgIpc) is 2.63. The molecule has 0 bridgehead atoms. The third kappa shape index (κ3) is 2.21. The highest BCUT2D eigenvalue weighted by molar-refractivity contribution is 5.15. The predicted molar refractivity (Wildman–Crippen MR) is 56.5 cm³/mol. The normalized spacial score (nSPS) is 27.6. The van der Waals surface area contributed by atoms with Crippen molar-refractivity contribution in [3.8, 4) is 0 Å². The van der Waals surface area contributed by atoms with Crippen LogP contribution in [0.4, 0.5) is 0 Å². The van der Waals surface area contributed by atoms with Crippen molar-refractivity contribution in [3.63, 3.8) is 0 Å². The first kappa shape index (κ1) is 10.6. The van der Waals surface area contributed by atoms with Crippen LogP contribution in [0.3, 0.4) is 0 Å². The summed E-state index contributed by atoms with van der Waals surface area (Å²) in [5.41, 5.74) is 0.194. The molecule has 4 heteroatoms. The van der Waals surface area contributed by atoms with Gasteiger partial charge in [-0.1, -0.05) is 0 Å². The second-order valence-electron chi connectivity index (χ2n) is 4.08. The molecule has 1 N–H and O–H groups in total. The smallest absolute Gasteiger partial charge is 0.0949 e. The molecule has 1 aliphatic rings. The largest absolute Gasteiger partial charge is 0.385 e. The molecule has 0 amide bonds. The molecule has 1 atom stereocenters. The van der Waals surface area contributed by atoms with E-state index < -0.39 is 5.60 Å². The molecule has 2 rings (SSSR count). The molecule has 0 aromatic carbocycles. The number of hydrogen-bond donors (Lipinski definition) is 1. The summed E-state index contributed by atoms with van der Waals surface area (Å²) in [6, 6.07) is 0. The summed E-state index contributed by atoms with van der Waals surface area (Å²) in [7, 11) is 0. The fraction of sp³-hybridized carbons (Fsp3) is 0.727. The van der Waals surface area contributed by atoms with Crippen LogP contribution in [0.1, 0.15) is 31.7 Å². The van der Waals surface area contributed by atoms with Crippen molar-refractivity contribution in [2.45, 2.75) is 38.3 Å². The number of hydrogen-bond acceptors (Lipinski definition) is 3. The molecule has 1 aromatic rings. The Kier molecular flexibility index (Phi) is 3.07. The maximum absolute atomic E-state index is 10.5. The molecule has 0 saturated carbocycles. The lowest BCUT2D eigenvalue weighted by Crippen LogP contribution is -2.25. The van der Waals surface area contributed by atoms with Gasteiger partial charge in [-0.2, -0.15) is 5.10 Å². The lowest BCUT2D eigenvalue weighted by atomic mass is 9.89. The molecule has 1 unspecified atom stereocenters. The van der Waals surface area contributed by atoms with Crippen molar-refractivity contribution in [2.75, 3.05) is 13.2 Å². The van der Waals surface area contributed by atoms with E-state index in [1.165, 1.54) is 0 Å². The Morgan fingerprint density at radius 3 is 3.13 bits per heavy atom. The van der Waals surface area contributed by atoms with Crippen LogP contribution in [0.25, 0.3) is 0 Å². The standard InChI is InChI=1S/C11H18N2O2/c1-2-13-9-10(8-12-13)11(14)4-3-6-15-7-5-11/h8-9,14H,2-7H2,1H3. The summed E-state index contributed by atoms with van der Waals surface area (Å²) in [6.45, 7) is 4.27. The van der Waals surface area contributed by atoms with Gasteiger partial charge in [0.1, 0.15) is 0 Å². The molecule has 1 fully saturated rings. The Morgan fingerprint density at radius 1 is 1.53 bits per heavy atom. The zero-order valence-electron chi connectivity index (χ0n) is 9.15. The van der Waals surface area contributed by atoms with Gasteiger partial charge in [0.2, 0.25) is 0 Å². The van der Waals surface area contributed by atoms with Crippen molar-refractivity contribution in [2.24, 2.45) is 0 Å². The number of rotatable bonds is 2. The predicted octanol–water partition coefficient (Wildman–Crippen LogP) is 1.29. The minimum Gasteiger partial charge on any atom is -0.385 e. The molecule has 0 aliphatic carbocycles. The van der Waals surface area contributed by atoms with Crippen LogP contribution in [0.5, 0.6) is 0 Å². The fourth-order valence-corrected chi connectivity index (χ4v) is 2.00. The van der Waals surface area contributed by atoms with Crippen molar-refractivity contribution < 1.29 is 9.84 Å². The molecule has 1 aromatic heterocycles. The van der Waals surface area contributed by atoms with E-state index in [2.05, 4.69) is 5.10 Å². The summed E-state index contributed by atoms with van der Waals surface area (Å²) in [4.78, 5) is 0. The molecular formula is C11H18N2O2. The first-order valence-electron chi connectivity index (χ1n) is 5.58. The van der Waals surface area contributed by atoms with E-state index in [0.29, 0.717) is 13.0 Å². The highest BCUT2D eigenvalue weighted by Gasteiger charge is 2.31. The summed E-state index contributed by atoms with van der Waals surface area (Å²) in [5.74, 6) is 0. The van der Waals surface area contributed by atoms with E-state index in [1.54, 1.807) is 6.20 Å². The topological polar surface area (TPSA) is 47.3 Å². The monoisotopic (exact) mass is 210 g/mol. The third-order valence-electron chi connectivity index (χ3n) is 3.03. The van der Waals surface area contributed by atoms with E-state index in [4.69, 9.17) is 4.74 Å². The molecule has 1 aliphatic heterocycles. The van der Waals surface area contributed by atoms with E-state index in [0.717, 1.165) is 31.6 Å². The lowest BCUT2D eigenvalue weighted by Gasteiger charge is -2.24. The van der Waals surface area contributed by atoms with Crippen LogP contribution in [-0.2, 0) is 16.9 Å². The second-order valence-corrected chi connectivity index (χ2v) is 4.08. The number of aryl methyl sites for hydroxylation is 1. The van der Waals surface area contributed by atoms with Gasteiger partial charge in [-0.15, -0.1) is 0 Å². The number of nitrogens with zero attached hydrogens (tertiary/aromatic N) is 2. The number of aromatic nitrogens is 2. The second kappa shape index (κ2) is 4.33. The van der Waals surface area contributed by atoms with Crippen molar-refractivity contribution in [3.05, 3.63) is 18.0 Å². The first-order chi connectivity index (χ1) is 7.24. The minimum absolute atomic E-state index is 0.633. The summed E-state index contributed by atoms with van der Waals surface area (Å²) in [6.07, 6.45) is 6.05. The van der Waals surface area contributed by atoms with Gasteiger partial charge in [-0.3, -0.25) is 4.68 Å². The minimum atomic E-state index is -0.732. The van der Waals surface area contributed by atoms with Crippen LogP contribution in [0.15, 0.2) is 12.4 Å². The third-order valence-corrected chi connectivity index (χ3v) is 3.03.